The molecule has 1 atom stereocenters. The van der Waals surface area contributed by atoms with Crippen LogP contribution in [0.5, 0.6) is 0 Å². The van der Waals surface area contributed by atoms with E-state index in [1.54, 1.807) is 4.31 Å². The lowest BCUT2D eigenvalue weighted by atomic mass is 9.87. The molecule has 2 aromatic carbocycles. The second-order valence-corrected chi connectivity index (χ2v) is 10.8. The number of carbonyl (C=O) groups is 1. The predicted molar refractivity (Wildman–Crippen MR) is 123 cm³/mol. The Bertz CT molecular complexity index is 983. The molecule has 2 aromatic rings. The van der Waals surface area contributed by atoms with Crippen LogP contribution in [0.3, 0.4) is 0 Å². The smallest absolute Gasteiger partial charge is 0.223 e. The number of amides is 1. The summed E-state index contributed by atoms with van der Waals surface area (Å²) in [5.41, 5.74) is 3.73. The maximum Gasteiger partial charge on any atom is 0.223 e. The van der Waals surface area contributed by atoms with Crippen LogP contribution in [0.1, 0.15) is 54.8 Å². The van der Waals surface area contributed by atoms with Gasteiger partial charge in [-0.1, -0.05) is 54.6 Å². The number of sulfonamides is 1. The van der Waals surface area contributed by atoms with Crippen LogP contribution in [-0.4, -0.2) is 37.5 Å². The first kappa shape index (κ1) is 22.0. The Morgan fingerprint density at radius 3 is 2.45 bits per heavy atom. The predicted octanol–water partition coefficient (Wildman–Crippen LogP) is 3.85. The standard InChI is InChI=1S/C25H32N2O3S/c28-25(26-24-14-6-12-21-11-4-5-13-23(21)24)22-15-17-27(18-16-22)31(29,30)19-7-10-20-8-2-1-3-9-20/h1-5,8-9,11,13,22,24H,6-7,10,12,14-19H2,(H,26,28). The second kappa shape index (κ2) is 9.96. The highest BCUT2D eigenvalue weighted by atomic mass is 32.2. The molecule has 1 fully saturated rings. The van der Waals surface area contributed by atoms with E-state index in [9.17, 15) is 13.2 Å². The van der Waals surface area contributed by atoms with Crippen LogP contribution in [0.2, 0.25) is 0 Å². The van der Waals surface area contributed by atoms with Crippen molar-refractivity contribution in [3.8, 4) is 0 Å². The first-order valence-corrected chi connectivity index (χ1v) is 13.0. The van der Waals surface area contributed by atoms with Crippen molar-refractivity contribution in [2.75, 3.05) is 18.8 Å². The van der Waals surface area contributed by atoms with E-state index in [2.05, 4.69) is 23.5 Å². The van der Waals surface area contributed by atoms with Gasteiger partial charge in [0.25, 0.3) is 0 Å². The number of aryl methyl sites for hydroxylation is 2. The van der Waals surface area contributed by atoms with Crippen molar-refractivity contribution in [2.45, 2.75) is 51.0 Å². The number of benzene rings is 2. The van der Waals surface area contributed by atoms with Crippen molar-refractivity contribution in [3.05, 3.63) is 71.3 Å². The second-order valence-electron chi connectivity index (χ2n) is 8.73. The van der Waals surface area contributed by atoms with E-state index in [4.69, 9.17) is 0 Å². The first-order chi connectivity index (χ1) is 15.0. The van der Waals surface area contributed by atoms with Crippen molar-refractivity contribution < 1.29 is 13.2 Å². The highest BCUT2D eigenvalue weighted by Crippen LogP contribution is 2.30. The fraction of sp³-hybridized carbons (Fsp3) is 0.480. The third-order valence-electron chi connectivity index (χ3n) is 6.61. The molecule has 0 saturated carbocycles. The first-order valence-electron chi connectivity index (χ1n) is 11.4. The van der Waals surface area contributed by atoms with Crippen LogP contribution >= 0.6 is 0 Å². The van der Waals surface area contributed by atoms with Gasteiger partial charge in [0, 0.05) is 19.0 Å². The average molecular weight is 441 g/mol. The lowest BCUT2D eigenvalue weighted by Crippen LogP contribution is -2.44. The number of rotatable bonds is 7. The summed E-state index contributed by atoms with van der Waals surface area (Å²) in [5.74, 6) is 0.130. The van der Waals surface area contributed by atoms with Crippen molar-refractivity contribution >= 4 is 15.9 Å². The van der Waals surface area contributed by atoms with Crippen LogP contribution in [0, 0.1) is 5.92 Å². The Labute approximate surface area is 185 Å². The van der Waals surface area contributed by atoms with E-state index in [1.165, 1.54) is 11.1 Å². The summed E-state index contributed by atoms with van der Waals surface area (Å²) in [7, 11) is -3.27. The summed E-state index contributed by atoms with van der Waals surface area (Å²) >= 11 is 0. The molecular formula is C25H32N2O3S. The van der Waals surface area contributed by atoms with Gasteiger partial charge in [-0.25, -0.2) is 12.7 Å². The van der Waals surface area contributed by atoms with Gasteiger partial charge >= 0.3 is 0 Å². The van der Waals surface area contributed by atoms with Gasteiger partial charge in [-0.2, -0.15) is 0 Å². The number of hydrogen-bond donors (Lipinski definition) is 1. The van der Waals surface area contributed by atoms with Gasteiger partial charge in [0.2, 0.25) is 15.9 Å². The van der Waals surface area contributed by atoms with Gasteiger partial charge in [-0.3, -0.25) is 4.79 Å². The van der Waals surface area contributed by atoms with Crippen LogP contribution in [0.15, 0.2) is 54.6 Å². The van der Waals surface area contributed by atoms with Gasteiger partial charge < -0.3 is 5.32 Å². The summed E-state index contributed by atoms with van der Waals surface area (Å²) in [5, 5.41) is 3.24. The topological polar surface area (TPSA) is 66.5 Å². The molecule has 4 rings (SSSR count). The molecule has 1 amide bonds. The SMILES string of the molecule is O=C(NC1CCCc2ccccc21)C1CCN(S(=O)(=O)CCCc2ccccc2)CC1. The molecule has 0 aromatic heterocycles. The van der Waals surface area contributed by atoms with Crippen LogP contribution in [0.4, 0.5) is 0 Å². The van der Waals surface area contributed by atoms with Crippen molar-refractivity contribution in [2.24, 2.45) is 5.92 Å². The van der Waals surface area contributed by atoms with Gasteiger partial charge in [0.05, 0.1) is 11.8 Å². The third-order valence-corrected chi connectivity index (χ3v) is 8.57. The van der Waals surface area contributed by atoms with Crippen LogP contribution < -0.4 is 5.32 Å². The van der Waals surface area contributed by atoms with Crippen molar-refractivity contribution in [1.29, 1.82) is 0 Å². The van der Waals surface area contributed by atoms with Crippen LogP contribution in [0.25, 0.3) is 0 Å². The zero-order valence-electron chi connectivity index (χ0n) is 18.0. The van der Waals surface area contributed by atoms with Gasteiger partial charge in [0.1, 0.15) is 0 Å². The van der Waals surface area contributed by atoms with E-state index in [0.717, 1.165) is 31.2 Å². The molecule has 5 nitrogen and oxygen atoms in total. The zero-order chi connectivity index (χ0) is 21.7. The minimum absolute atomic E-state index is 0.0721. The van der Waals surface area contributed by atoms with E-state index in [1.807, 2.05) is 36.4 Å². The molecular weight excluding hydrogens is 408 g/mol. The normalized spacial score (nSPS) is 20.2. The van der Waals surface area contributed by atoms with E-state index < -0.39 is 10.0 Å². The monoisotopic (exact) mass is 440 g/mol. The fourth-order valence-electron chi connectivity index (χ4n) is 4.82. The minimum Gasteiger partial charge on any atom is -0.349 e. The molecule has 0 radical (unpaired) electrons. The summed E-state index contributed by atoms with van der Waals surface area (Å²) in [6, 6.07) is 18.4. The van der Waals surface area contributed by atoms with Crippen molar-refractivity contribution in [3.63, 3.8) is 0 Å². The molecule has 0 spiro atoms. The van der Waals surface area contributed by atoms with Gasteiger partial charge in [-0.15, -0.1) is 0 Å². The zero-order valence-corrected chi connectivity index (χ0v) is 18.8. The number of carbonyl (C=O) groups excluding carboxylic acids is 1. The highest BCUT2D eigenvalue weighted by Gasteiger charge is 2.32. The average Bonchev–Trinajstić information content (AvgIpc) is 2.80. The number of nitrogens with one attached hydrogen (secondary N) is 1. The Morgan fingerprint density at radius 2 is 1.68 bits per heavy atom. The minimum atomic E-state index is -3.27. The lowest BCUT2D eigenvalue weighted by Gasteiger charge is -2.32. The number of piperidine rings is 1. The highest BCUT2D eigenvalue weighted by molar-refractivity contribution is 7.89. The Morgan fingerprint density at radius 1 is 0.968 bits per heavy atom. The molecule has 2 aliphatic rings. The molecule has 1 saturated heterocycles. The molecule has 31 heavy (non-hydrogen) atoms. The van der Waals surface area contributed by atoms with Gasteiger partial charge in [0.15, 0.2) is 0 Å². The number of fused-ring (bicyclic) bond motifs is 1. The number of hydrogen-bond acceptors (Lipinski definition) is 3. The molecule has 1 N–H and O–H groups in total. The van der Waals surface area contributed by atoms with Crippen LogP contribution in [-0.2, 0) is 27.7 Å². The van der Waals surface area contributed by atoms with E-state index in [-0.39, 0.29) is 23.6 Å². The van der Waals surface area contributed by atoms with E-state index >= 15 is 0 Å². The maximum absolute atomic E-state index is 12.9. The maximum atomic E-state index is 12.9. The summed E-state index contributed by atoms with van der Waals surface area (Å²) < 4.78 is 27.0. The van der Waals surface area contributed by atoms with Gasteiger partial charge in [-0.05, 0) is 61.6 Å². The molecule has 166 valence electrons. The fourth-order valence-corrected chi connectivity index (χ4v) is 6.36. The Kier molecular flexibility index (Phi) is 7.08. The quantitative estimate of drug-likeness (QED) is 0.711. The molecule has 1 heterocycles. The molecule has 1 unspecified atom stereocenters. The largest absolute Gasteiger partial charge is 0.349 e. The van der Waals surface area contributed by atoms with Crippen molar-refractivity contribution in [1.82, 2.24) is 9.62 Å². The summed E-state index contributed by atoms with van der Waals surface area (Å²) in [4.78, 5) is 12.9. The molecule has 1 aliphatic carbocycles. The molecule has 6 heteroatoms. The molecule has 0 bridgehead atoms. The Balaban J connectivity index is 1.26. The lowest BCUT2D eigenvalue weighted by molar-refractivity contribution is -0.127. The summed E-state index contributed by atoms with van der Waals surface area (Å²) in [6.07, 6.45) is 5.70. The third kappa shape index (κ3) is 5.55. The van der Waals surface area contributed by atoms with E-state index in [0.29, 0.717) is 32.4 Å². The Hall–Kier alpha value is -2.18. The number of nitrogens with zero attached hydrogens (tertiary/aromatic N) is 1. The summed E-state index contributed by atoms with van der Waals surface area (Å²) in [6.45, 7) is 0.875. The molecule has 1 aliphatic heterocycles.